The third-order valence-electron chi connectivity index (χ3n) is 1.38. The van der Waals surface area contributed by atoms with Crippen LogP contribution in [-0.2, 0) is 0 Å². The van der Waals surface area contributed by atoms with Gasteiger partial charge in [-0.1, -0.05) is 21.9 Å². The molecule has 0 atom stereocenters. The van der Waals surface area contributed by atoms with Gasteiger partial charge in [0.05, 0.1) is 5.69 Å². The molecule has 0 radical (unpaired) electrons. The molecule has 76 valence electrons. The highest BCUT2D eigenvalue weighted by molar-refractivity contribution is 6.30. The van der Waals surface area contributed by atoms with E-state index in [-0.39, 0.29) is 5.96 Å². The van der Waals surface area contributed by atoms with Crippen LogP contribution >= 0.6 is 11.6 Å². The van der Waals surface area contributed by atoms with Gasteiger partial charge >= 0.3 is 0 Å². The molecule has 0 fully saturated rings. The van der Waals surface area contributed by atoms with Gasteiger partial charge in [-0.05, 0) is 24.3 Å². The second-order valence-electron chi connectivity index (χ2n) is 2.36. The van der Waals surface area contributed by atoms with Crippen molar-refractivity contribution in [3.63, 3.8) is 0 Å². The van der Waals surface area contributed by atoms with E-state index in [0.29, 0.717) is 10.7 Å². The second kappa shape index (κ2) is 5.57. The summed E-state index contributed by atoms with van der Waals surface area (Å²) >= 11 is 5.69. The summed E-state index contributed by atoms with van der Waals surface area (Å²) in [5, 5.41) is 17.7. The van der Waals surface area contributed by atoms with Crippen LogP contribution in [0.25, 0.3) is 0 Å². The number of nitriles is 1. The van der Waals surface area contributed by atoms with Crippen molar-refractivity contribution in [3.8, 4) is 6.19 Å². The van der Waals surface area contributed by atoms with Crippen LogP contribution in [0.3, 0.4) is 0 Å². The predicted molar refractivity (Wildman–Crippen MR) is 56.3 cm³/mol. The van der Waals surface area contributed by atoms with Gasteiger partial charge in [0.1, 0.15) is 0 Å². The van der Waals surface area contributed by atoms with Crippen LogP contribution in [0.1, 0.15) is 0 Å². The van der Waals surface area contributed by atoms with Crippen molar-refractivity contribution in [2.45, 2.75) is 0 Å². The lowest BCUT2D eigenvalue weighted by atomic mass is 10.3. The Kier molecular flexibility index (Phi) is 4.06. The molecule has 3 N–H and O–H groups in total. The van der Waals surface area contributed by atoms with Crippen molar-refractivity contribution in [2.24, 2.45) is 21.2 Å². The normalized spacial score (nSPS) is 11.3. The lowest BCUT2D eigenvalue weighted by Crippen LogP contribution is -2.14. The molecule has 0 unspecified atom stereocenters. The molecule has 0 bridgehead atoms. The Hall–Kier alpha value is -2.13. The molecule has 0 saturated heterocycles. The molecular formula is C8H7ClN6. The van der Waals surface area contributed by atoms with Gasteiger partial charge in [-0.2, -0.15) is 5.26 Å². The lowest BCUT2D eigenvalue weighted by Gasteiger charge is -1.96. The minimum Gasteiger partial charge on any atom is -0.304 e. The van der Waals surface area contributed by atoms with Crippen LogP contribution < -0.4 is 11.2 Å². The van der Waals surface area contributed by atoms with E-state index >= 15 is 0 Å². The standard InChI is InChI=1S/C8H7ClN6/c9-6-1-3-7(4-2-6)13-8(12-5-10)14-15-11/h1-4H,(H3,11,12,13,14). The Bertz CT molecular complexity index is 416. The summed E-state index contributed by atoms with van der Waals surface area (Å²) in [6, 6.07) is 6.69. The average Bonchev–Trinajstić information content (AvgIpc) is 2.22. The third-order valence-corrected chi connectivity index (χ3v) is 1.63. The zero-order valence-corrected chi connectivity index (χ0v) is 8.31. The summed E-state index contributed by atoms with van der Waals surface area (Å²) in [6.07, 6.45) is 1.67. The number of halogens is 1. The Morgan fingerprint density at radius 3 is 2.60 bits per heavy atom. The molecule has 0 aliphatic carbocycles. The first kappa shape index (κ1) is 10.9. The van der Waals surface area contributed by atoms with Crippen LogP contribution in [0.15, 0.2) is 39.6 Å². The van der Waals surface area contributed by atoms with Gasteiger partial charge in [-0.25, -0.2) is 4.99 Å². The summed E-state index contributed by atoms with van der Waals surface area (Å²) in [5.41, 5.74) is 0.588. The van der Waals surface area contributed by atoms with Gasteiger partial charge in [-0.15, -0.1) is 0 Å². The lowest BCUT2D eigenvalue weighted by molar-refractivity contribution is 1.05. The number of hydrogen-bond donors (Lipinski definition) is 2. The minimum absolute atomic E-state index is 0.0160. The molecule has 0 aliphatic rings. The number of nitrogens with one attached hydrogen (secondary N) is 1. The highest BCUT2D eigenvalue weighted by Crippen LogP contribution is 2.16. The summed E-state index contributed by atoms with van der Waals surface area (Å²) in [4.78, 5) is 3.96. The van der Waals surface area contributed by atoms with E-state index < -0.39 is 0 Å². The second-order valence-corrected chi connectivity index (χ2v) is 2.80. The first-order chi connectivity index (χ1) is 7.26. The van der Waals surface area contributed by atoms with Crippen LogP contribution in [0.4, 0.5) is 5.69 Å². The smallest absolute Gasteiger partial charge is 0.258 e. The largest absolute Gasteiger partial charge is 0.304 e. The SMILES string of the molecule is N#CNC(N=NN)=Nc1ccc(Cl)cc1. The maximum absolute atomic E-state index is 8.38. The Morgan fingerprint density at radius 2 is 2.07 bits per heavy atom. The zero-order valence-electron chi connectivity index (χ0n) is 7.55. The van der Waals surface area contributed by atoms with E-state index in [0.717, 1.165) is 0 Å². The molecule has 0 saturated carbocycles. The Labute approximate surface area is 91.1 Å². The molecule has 15 heavy (non-hydrogen) atoms. The van der Waals surface area contributed by atoms with Crippen LogP contribution in [0.5, 0.6) is 0 Å². The molecule has 0 spiro atoms. The number of guanidine groups is 1. The number of nitrogens with zero attached hydrogens (tertiary/aromatic N) is 4. The zero-order chi connectivity index (χ0) is 11.1. The fraction of sp³-hybridized carbons (Fsp3) is 0. The summed E-state index contributed by atoms with van der Waals surface area (Å²) in [7, 11) is 0. The maximum Gasteiger partial charge on any atom is 0.258 e. The van der Waals surface area contributed by atoms with Gasteiger partial charge < -0.3 is 5.84 Å². The van der Waals surface area contributed by atoms with Crippen molar-refractivity contribution in [3.05, 3.63) is 29.3 Å². The highest BCUT2D eigenvalue weighted by atomic mass is 35.5. The number of aliphatic imine (C=N–C) groups is 1. The van der Waals surface area contributed by atoms with E-state index in [1.807, 2.05) is 0 Å². The number of hydrogen-bond acceptors (Lipinski definition) is 3. The van der Waals surface area contributed by atoms with Gasteiger partial charge in [0.25, 0.3) is 5.96 Å². The molecule has 1 aromatic rings. The average molecular weight is 223 g/mol. The third kappa shape index (κ3) is 3.62. The Morgan fingerprint density at radius 1 is 1.40 bits per heavy atom. The van der Waals surface area contributed by atoms with Gasteiger partial charge in [0, 0.05) is 5.02 Å². The highest BCUT2D eigenvalue weighted by Gasteiger charge is 1.96. The summed E-state index contributed by atoms with van der Waals surface area (Å²) in [6.45, 7) is 0. The van der Waals surface area contributed by atoms with Gasteiger partial charge in [-0.3, -0.25) is 5.32 Å². The predicted octanol–water partition coefficient (Wildman–Crippen LogP) is 1.72. The van der Waals surface area contributed by atoms with E-state index in [1.165, 1.54) is 0 Å². The Balaban J connectivity index is 2.92. The molecule has 1 aromatic carbocycles. The number of benzene rings is 1. The molecule has 0 aromatic heterocycles. The minimum atomic E-state index is 0.0160. The fourth-order valence-corrected chi connectivity index (χ4v) is 0.944. The quantitative estimate of drug-likeness (QED) is 0.144. The van der Waals surface area contributed by atoms with E-state index in [2.05, 4.69) is 20.6 Å². The molecule has 0 aliphatic heterocycles. The molecule has 1 rings (SSSR count). The summed E-state index contributed by atoms with van der Waals surface area (Å²) < 4.78 is 0. The summed E-state index contributed by atoms with van der Waals surface area (Å²) in [5.74, 6) is 4.86. The van der Waals surface area contributed by atoms with Crippen molar-refractivity contribution in [1.29, 1.82) is 5.26 Å². The van der Waals surface area contributed by atoms with Gasteiger partial charge in [0.2, 0.25) is 0 Å². The van der Waals surface area contributed by atoms with Crippen molar-refractivity contribution < 1.29 is 0 Å². The number of nitrogens with two attached hydrogens (primary N) is 1. The molecule has 6 nitrogen and oxygen atoms in total. The molecule has 7 heteroatoms. The van der Waals surface area contributed by atoms with Crippen molar-refractivity contribution >= 4 is 23.2 Å². The van der Waals surface area contributed by atoms with Gasteiger partial charge in [0.15, 0.2) is 6.19 Å². The van der Waals surface area contributed by atoms with Crippen LogP contribution in [0.2, 0.25) is 5.02 Å². The maximum atomic E-state index is 8.38. The molecule has 0 amide bonds. The van der Waals surface area contributed by atoms with E-state index in [9.17, 15) is 0 Å². The monoisotopic (exact) mass is 222 g/mol. The van der Waals surface area contributed by atoms with Crippen molar-refractivity contribution in [1.82, 2.24) is 5.32 Å². The first-order valence-corrected chi connectivity index (χ1v) is 4.24. The van der Waals surface area contributed by atoms with Crippen LogP contribution in [0, 0.1) is 11.5 Å². The van der Waals surface area contributed by atoms with Crippen molar-refractivity contribution in [2.75, 3.05) is 0 Å². The fourth-order valence-electron chi connectivity index (χ4n) is 0.818. The van der Waals surface area contributed by atoms with E-state index in [1.54, 1.807) is 30.5 Å². The topological polar surface area (TPSA) is 98.9 Å². The first-order valence-electron chi connectivity index (χ1n) is 3.86. The number of rotatable bonds is 1. The van der Waals surface area contributed by atoms with Crippen LogP contribution in [-0.4, -0.2) is 5.96 Å². The van der Waals surface area contributed by atoms with E-state index in [4.69, 9.17) is 22.7 Å². The molecular weight excluding hydrogens is 216 g/mol. The molecule has 0 heterocycles.